The molecular formula is C14H14N2O3S. The number of nitrogens with two attached hydrogens (primary N) is 1. The Morgan fingerprint density at radius 3 is 2.50 bits per heavy atom. The first-order valence-corrected chi connectivity index (χ1v) is 7.39. The molecule has 104 valence electrons. The summed E-state index contributed by atoms with van der Waals surface area (Å²) >= 11 is 0. The highest BCUT2D eigenvalue weighted by Crippen LogP contribution is 2.16. The Kier molecular flexibility index (Phi) is 4.16. The maximum atomic E-state index is 11.1. The number of allylic oxidation sites excluding steroid dienone is 1. The monoisotopic (exact) mass is 290 g/mol. The zero-order valence-corrected chi connectivity index (χ0v) is 11.7. The number of benzene rings is 1. The van der Waals surface area contributed by atoms with Crippen molar-refractivity contribution in [1.82, 2.24) is 0 Å². The lowest BCUT2D eigenvalue weighted by Gasteiger charge is -1.99. The van der Waals surface area contributed by atoms with Crippen LogP contribution in [0, 0.1) is 0 Å². The third kappa shape index (κ3) is 3.91. The molecule has 0 aliphatic heterocycles. The molecule has 0 spiro atoms. The fourth-order valence-corrected chi connectivity index (χ4v) is 2.06. The SMILES string of the molecule is CC(/C=C/c1ccco1)=Nc1ccc(S(N)(=O)=O)cc1. The minimum Gasteiger partial charge on any atom is -0.465 e. The van der Waals surface area contributed by atoms with Crippen molar-refractivity contribution in [3.05, 3.63) is 54.5 Å². The number of hydrogen-bond donors (Lipinski definition) is 1. The van der Waals surface area contributed by atoms with Crippen LogP contribution in [0.1, 0.15) is 12.7 Å². The first-order chi connectivity index (χ1) is 9.45. The molecule has 0 aliphatic carbocycles. The van der Waals surface area contributed by atoms with E-state index in [1.165, 1.54) is 12.1 Å². The average molecular weight is 290 g/mol. The van der Waals surface area contributed by atoms with Gasteiger partial charge in [0.15, 0.2) is 0 Å². The van der Waals surface area contributed by atoms with Crippen LogP contribution in [0.3, 0.4) is 0 Å². The summed E-state index contributed by atoms with van der Waals surface area (Å²) in [5.41, 5.74) is 1.42. The van der Waals surface area contributed by atoms with E-state index in [9.17, 15) is 8.42 Å². The van der Waals surface area contributed by atoms with Gasteiger partial charge in [0.1, 0.15) is 5.76 Å². The molecule has 1 aromatic heterocycles. The Morgan fingerprint density at radius 2 is 1.95 bits per heavy atom. The van der Waals surface area contributed by atoms with Crippen LogP contribution in [0.25, 0.3) is 6.08 Å². The van der Waals surface area contributed by atoms with Crippen molar-refractivity contribution in [2.24, 2.45) is 10.1 Å². The van der Waals surface area contributed by atoms with E-state index in [1.807, 2.05) is 19.1 Å². The number of sulfonamides is 1. The number of furan rings is 1. The number of aliphatic imine (C=N–C) groups is 1. The summed E-state index contributed by atoms with van der Waals surface area (Å²) in [5.74, 6) is 0.740. The van der Waals surface area contributed by atoms with Crippen LogP contribution < -0.4 is 5.14 Å². The van der Waals surface area contributed by atoms with Crippen molar-refractivity contribution in [2.45, 2.75) is 11.8 Å². The molecule has 20 heavy (non-hydrogen) atoms. The van der Waals surface area contributed by atoms with Crippen LogP contribution in [0.15, 0.2) is 63.0 Å². The lowest BCUT2D eigenvalue weighted by Crippen LogP contribution is -2.11. The molecule has 0 saturated carbocycles. The lowest BCUT2D eigenvalue weighted by molar-refractivity contribution is 0.557. The Bertz CT molecular complexity index is 727. The Labute approximate surface area is 117 Å². The summed E-state index contributed by atoms with van der Waals surface area (Å²) in [6, 6.07) is 9.70. The average Bonchev–Trinajstić information content (AvgIpc) is 2.89. The van der Waals surface area contributed by atoms with Gasteiger partial charge in [0.25, 0.3) is 0 Å². The highest BCUT2D eigenvalue weighted by atomic mass is 32.2. The second-order valence-electron chi connectivity index (χ2n) is 4.14. The zero-order chi connectivity index (χ0) is 14.6. The van der Waals surface area contributed by atoms with Gasteiger partial charge in [0, 0.05) is 5.71 Å². The highest BCUT2D eigenvalue weighted by Gasteiger charge is 2.06. The fourth-order valence-electron chi connectivity index (χ4n) is 1.54. The third-order valence-electron chi connectivity index (χ3n) is 2.50. The molecule has 5 nitrogen and oxygen atoms in total. The van der Waals surface area contributed by atoms with E-state index in [4.69, 9.17) is 9.56 Å². The molecule has 2 rings (SSSR count). The molecule has 0 bridgehead atoms. The van der Waals surface area contributed by atoms with Crippen molar-refractivity contribution in [3.8, 4) is 0 Å². The molecule has 0 amide bonds. The van der Waals surface area contributed by atoms with Crippen molar-refractivity contribution in [1.29, 1.82) is 0 Å². The van der Waals surface area contributed by atoms with Crippen LogP contribution in [-0.2, 0) is 10.0 Å². The van der Waals surface area contributed by atoms with Gasteiger partial charge in [-0.1, -0.05) is 0 Å². The standard InChI is InChI=1S/C14H14N2O3S/c1-11(4-7-13-3-2-10-19-13)16-12-5-8-14(9-6-12)20(15,17)18/h2-10H,1H3,(H2,15,17,18)/b7-4+,16-11?. The quantitative estimate of drug-likeness (QED) is 0.878. The molecule has 6 heteroatoms. The Balaban J connectivity index is 2.14. The summed E-state index contributed by atoms with van der Waals surface area (Å²) in [4.78, 5) is 4.40. The van der Waals surface area contributed by atoms with Crippen LogP contribution in [0.5, 0.6) is 0 Å². The maximum Gasteiger partial charge on any atom is 0.238 e. The number of nitrogens with zero attached hydrogens (tertiary/aromatic N) is 1. The van der Waals surface area contributed by atoms with Crippen molar-refractivity contribution in [2.75, 3.05) is 0 Å². The molecule has 1 heterocycles. The smallest absolute Gasteiger partial charge is 0.238 e. The zero-order valence-electron chi connectivity index (χ0n) is 10.9. The third-order valence-corrected chi connectivity index (χ3v) is 3.43. The van der Waals surface area contributed by atoms with Crippen LogP contribution in [0.4, 0.5) is 5.69 Å². The molecule has 0 atom stereocenters. The molecule has 2 N–H and O–H groups in total. The molecular weight excluding hydrogens is 276 g/mol. The van der Waals surface area contributed by atoms with Gasteiger partial charge in [-0.25, -0.2) is 13.6 Å². The van der Waals surface area contributed by atoms with Crippen LogP contribution >= 0.6 is 0 Å². The minimum absolute atomic E-state index is 0.0697. The molecule has 1 aromatic carbocycles. The molecule has 0 unspecified atom stereocenters. The fraction of sp³-hybridized carbons (Fsp3) is 0.0714. The summed E-state index contributed by atoms with van der Waals surface area (Å²) in [7, 11) is -3.66. The Hall–Kier alpha value is -2.18. The largest absolute Gasteiger partial charge is 0.465 e. The first kappa shape index (κ1) is 14.2. The predicted octanol–water partition coefficient (Wildman–Crippen LogP) is 2.73. The normalized spacial score (nSPS) is 13.0. The lowest BCUT2D eigenvalue weighted by atomic mass is 10.3. The van der Waals surface area contributed by atoms with Gasteiger partial charge < -0.3 is 4.42 Å². The van der Waals surface area contributed by atoms with E-state index >= 15 is 0 Å². The van der Waals surface area contributed by atoms with Crippen LogP contribution in [-0.4, -0.2) is 14.1 Å². The van der Waals surface area contributed by atoms with E-state index in [-0.39, 0.29) is 4.90 Å². The van der Waals surface area contributed by atoms with Gasteiger partial charge in [0.05, 0.1) is 16.8 Å². The molecule has 0 radical (unpaired) electrons. The van der Waals surface area contributed by atoms with Gasteiger partial charge in [-0.15, -0.1) is 0 Å². The van der Waals surface area contributed by atoms with Gasteiger partial charge in [-0.3, -0.25) is 4.99 Å². The predicted molar refractivity (Wildman–Crippen MR) is 78.3 cm³/mol. The van der Waals surface area contributed by atoms with E-state index in [0.717, 1.165) is 11.5 Å². The van der Waals surface area contributed by atoms with Crippen molar-refractivity contribution in [3.63, 3.8) is 0 Å². The van der Waals surface area contributed by atoms with E-state index < -0.39 is 10.0 Å². The van der Waals surface area contributed by atoms with Gasteiger partial charge in [-0.2, -0.15) is 0 Å². The van der Waals surface area contributed by atoms with Gasteiger partial charge in [-0.05, 0) is 55.5 Å². The number of hydrogen-bond acceptors (Lipinski definition) is 4. The van der Waals surface area contributed by atoms with Crippen molar-refractivity contribution >= 4 is 27.5 Å². The Morgan fingerprint density at radius 1 is 1.25 bits per heavy atom. The molecule has 0 fully saturated rings. The number of rotatable bonds is 4. The molecule has 2 aromatic rings. The summed E-state index contributed by atoms with van der Waals surface area (Å²) in [6.45, 7) is 1.84. The van der Waals surface area contributed by atoms with Crippen LogP contribution in [0.2, 0.25) is 0 Å². The maximum absolute atomic E-state index is 11.1. The van der Waals surface area contributed by atoms with E-state index in [1.54, 1.807) is 30.5 Å². The van der Waals surface area contributed by atoms with E-state index in [0.29, 0.717) is 5.69 Å². The molecule has 0 saturated heterocycles. The summed E-state index contributed by atoms with van der Waals surface area (Å²) < 4.78 is 27.4. The second kappa shape index (κ2) is 5.85. The van der Waals surface area contributed by atoms with Gasteiger partial charge in [0.2, 0.25) is 10.0 Å². The van der Waals surface area contributed by atoms with E-state index in [2.05, 4.69) is 4.99 Å². The summed E-state index contributed by atoms with van der Waals surface area (Å²) in [5, 5.41) is 5.02. The molecule has 0 aliphatic rings. The summed E-state index contributed by atoms with van der Waals surface area (Å²) in [6.07, 6.45) is 5.21. The number of primary sulfonamides is 1. The second-order valence-corrected chi connectivity index (χ2v) is 5.70. The van der Waals surface area contributed by atoms with Crippen molar-refractivity contribution < 1.29 is 12.8 Å². The van der Waals surface area contributed by atoms with Gasteiger partial charge >= 0.3 is 0 Å². The highest BCUT2D eigenvalue weighted by molar-refractivity contribution is 7.89. The first-order valence-electron chi connectivity index (χ1n) is 5.85. The topological polar surface area (TPSA) is 85.7 Å². The minimum atomic E-state index is -3.66.